The van der Waals surface area contributed by atoms with E-state index < -0.39 is 0 Å². The monoisotopic (exact) mass is 383 g/mol. The highest BCUT2D eigenvalue weighted by Gasteiger charge is 2.06. The molecule has 4 rings (SSSR count). The van der Waals surface area contributed by atoms with Crippen LogP contribution in [0.15, 0.2) is 79.0 Å². The van der Waals surface area contributed by atoms with Crippen molar-refractivity contribution in [1.82, 2.24) is 15.0 Å². The molecule has 0 atom stereocenters. The number of aromatic nitrogens is 3. The van der Waals surface area contributed by atoms with E-state index in [-0.39, 0.29) is 11.5 Å². The fraction of sp³-hybridized carbons (Fsp3) is 0.0833. The summed E-state index contributed by atoms with van der Waals surface area (Å²) in [6.07, 6.45) is 6.63. The Morgan fingerprint density at radius 1 is 0.759 bits per heavy atom. The van der Waals surface area contributed by atoms with Crippen LogP contribution in [0, 0.1) is 0 Å². The molecule has 5 heteroatoms. The highest BCUT2D eigenvalue weighted by atomic mass is 16.3. The van der Waals surface area contributed by atoms with Crippen molar-refractivity contribution < 1.29 is 10.2 Å². The van der Waals surface area contributed by atoms with Gasteiger partial charge in [-0.1, -0.05) is 78.0 Å². The van der Waals surface area contributed by atoms with Crippen LogP contribution in [-0.4, -0.2) is 25.2 Å². The van der Waals surface area contributed by atoms with Crippen LogP contribution in [0.25, 0.3) is 12.2 Å². The normalized spacial score (nSPS) is 11.2. The van der Waals surface area contributed by atoms with Gasteiger partial charge in [0, 0.05) is 12.6 Å². The molecule has 0 amide bonds. The lowest BCUT2D eigenvalue weighted by molar-refractivity contribution is 0.403. The second kappa shape index (κ2) is 8.44. The van der Waals surface area contributed by atoms with Gasteiger partial charge in [-0.2, -0.15) is 0 Å². The standard InChI is InChI=1S/C24H21N3O2/c28-23-13-12-21(15-24(23)29)14-22-17-27(26-25-22)16-20-10-8-19(9-11-20)7-6-18-4-2-1-3-5-18/h1-13,15,17,28-29H,14,16H2/b7-6+. The zero-order valence-corrected chi connectivity index (χ0v) is 15.8. The van der Waals surface area contributed by atoms with E-state index >= 15 is 0 Å². The van der Waals surface area contributed by atoms with Crippen molar-refractivity contribution in [2.45, 2.75) is 13.0 Å². The summed E-state index contributed by atoms with van der Waals surface area (Å²) in [5, 5.41) is 27.4. The Labute approximate surface area is 169 Å². The van der Waals surface area contributed by atoms with Crippen LogP contribution in [0.4, 0.5) is 0 Å². The predicted molar refractivity (Wildman–Crippen MR) is 114 cm³/mol. The summed E-state index contributed by atoms with van der Waals surface area (Å²) < 4.78 is 1.80. The zero-order chi connectivity index (χ0) is 20.1. The van der Waals surface area contributed by atoms with Gasteiger partial charge >= 0.3 is 0 Å². The molecular formula is C24H21N3O2. The van der Waals surface area contributed by atoms with Crippen molar-refractivity contribution in [2.24, 2.45) is 0 Å². The molecule has 1 heterocycles. The molecule has 0 fully saturated rings. The molecule has 0 saturated heterocycles. The lowest BCUT2D eigenvalue weighted by Gasteiger charge is -2.02. The fourth-order valence-electron chi connectivity index (χ4n) is 3.06. The van der Waals surface area contributed by atoms with Crippen LogP contribution in [0.3, 0.4) is 0 Å². The van der Waals surface area contributed by atoms with Gasteiger partial charge in [0.15, 0.2) is 11.5 Å². The van der Waals surface area contributed by atoms with Gasteiger partial charge in [0.05, 0.1) is 12.2 Å². The predicted octanol–water partition coefficient (Wildman–Crippen LogP) is 4.50. The van der Waals surface area contributed by atoms with E-state index in [4.69, 9.17) is 0 Å². The van der Waals surface area contributed by atoms with Crippen molar-refractivity contribution in [3.05, 3.63) is 107 Å². The van der Waals surface area contributed by atoms with Crippen molar-refractivity contribution in [2.75, 3.05) is 0 Å². The lowest BCUT2D eigenvalue weighted by Crippen LogP contribution is -2.00. The molecule has 0 unspecified atom stereocenters. The summed E-state index contributed by atoms with van der Waals surface area (Å²) in [5.41, 5.74) is 5.12. The van der Waals surface area contributed by atoms with Gasteiger partial charge in [0.1, 0.15) is 0 Å². The van der Waals surface area contributed by atoms with Crippen LogP contribution in [0.5, 0.6) is 11.5 Å². The maximum absolute atomic E-state index is 9.61. The number of nitrogens with zero attached hydrogens (tertiary/aromatic N) is 3. The topological polar surface area (TPSA) is 71.2 Å². The highest BCUT2D eigenvalue weighted by Crippen LogP contribution is 2.25. The van der Waals surface area contributed by atoms with Crippen molar-refractivity contribution >= 4 is 12.2 Å². The van der Waals surface area contributed by atoms with E-state index in [9.17, 15) is 10.2 Å². The second-order valence-electron chi connectivity index (χ2n) is 6.89. The van der Waals surface area contributed by atoms with Gasteiger partial charge in [0.2, 0.25) is 0 Å². The molecule has 3 aromatic carbocycles. The summed E-state index contributed by atoms with van der Waals surface area (Å²) in [5.74, 6) is -0.254. The minimum atomic E-state index is -0.128. The number of phenolic OH excluding ortho intramolecular Hbond substituents is 2. The van der Waals surface area contributed by atoms with Crippen LogP contribution in [0.2, 0.25) is 0 Å². The Kier molecular flexibility index (Phi) is 5.38. The number of hydrogen-bond donors (Lipinski definition) is 2. The first-order valence-electron chi connectivity index (χ1n) is 9.38. The molecule has 0 aliphatic carbocycles. The van der Waals surface area contributed by atoms with Crippen molar-refractivity contribution in [1.29, 1.82) is 0 Å². The summed E-state index contributed by atoms with van der Waals surface area (Å²) >= 11 is 0. The van der Waals surface area contributed by atoms with E-state index in [1.807, 2.05) is 24.4 Å². The third-order valence-electron chi connectivity index (χ3n) is 4.60. The molecule has 144 valence electrons. The molecule has 4 aromatic rings. The summed E-state index contributed by atoms with van der Waals surface area (Å²) in [7, 11) is 0. The summed E-state index contributed by atoms with van der Waals surface area (Å²) in [6.45, 7) is 0.635. The molecule has 0 saturated carbocycles. The molecule has 0 bridgehead atoms. The first kappa shape index (κ1) is 18.5. The van der Waals surface area contributed by atoms with E-state index in [0.29, 0.717) is 13.0 Å². The van der Waals surface area contributed by atoms with E-state index in [1.54, 1.807) is 10.7 Å². The van der Waals surface area contributed by atoms with Crippen LogP contribution in [-0.2, 0) is 13.0 Å². The second-order valence-corrected chi connectivity index (χ2v) is 6.89. The molecule has 0 aliphatic rings. The van der Waals surface area contributed by atoms with Gasteiger partial charge in [-0.3, -0.25) is 0 Å². The van der Waals surface area contributed by atoms with Crippen LogP contribution in [0.1, 0.15) is 27.9 Å². The summed E-state index contributed by atoms with van der Waals surface area (Å²) in [6, 6.07) is 23.3. The Balaban J connectivity index is 1.38. The first-order valence-corrected chi connectivity index (χ1v) is 9.38. The summed E-state index contributed by atoms with van der Waals surface area (Å²) in [4.78, 5) is 0. The Hall–Kier alpha value is -3.86. The highest BCUT2D eigenvalue weighted by molar-refractivity contribution is 5.69. The molecule has 2 N–H and O–H groups in total. The van der Waals surface area contributed by atoms with E-state index in [1.165, 1.54) is 17.7 Å². The number of benzene rings is 3. The smallest absolute Gasteiger partial charge is 0.157 e. The maximum Gasteiger partial charge on any atom is 0.157 e. The van der Waals surface area contributed by atoms with Crippen LogP contribution < -0.4 is 0 Å². The maximum atomic E-state index is 9.61. The van der Waals surface area contributed by atoms with Gasteiger partial charge in [-0.15, -0.1) is 5.10 Å². The minimum Gasteiger partial charge on any atom is -0.504 e. The van der Waals surface area contributed by atoms with Gasteiger partial charge in [-0.05, 0) is 34.4 Å². The van der Waals surface area contributed by atoms with Crippen molar-refractivity contribution in [3.8, 4) is 11.5 Å². The largest absolute Gasteiger partial charge is 0.504 e. The number of phenols is 2. The molecule has 0 aliphatic heterocycles. The van der Waals surface area contributed by atoms with Gasteiger partial charge in [0.25, 0.3) is 0 Å². The third kappa shape index (κ3) is 4.90. The fourth-order valence-corrected chi connectivity index (χ4v) is 3.06. The first-order chi connectivity index (χ1) is 14.2. The Morgan fingerprint density at radius 2 is 1.45 bits per heavy atom. The number of rotatable bonds is 6. The lowest BCUT2D eigenvalue weighted by atomic mass is 10.1. The number of hydrogen-bond acceptors (Lipinski definition) is 4. The molecule has 1 aromatic heterocycles. The molecule has 29 heavy (non-hydrogen) atoms. The quantitative estimate of drug-likeness (QED) is 0.380. The minimum absolute atomic E-state index is 0.125. The average Bonchev–Trinajstić information content (AvgIpc) is 3.18. The molecule has 5 nitrogen and oxygen atoms in total. The van der Waals surface area contributed by atoms with Gasteiger partial charge in [-0.25, -0.2) is 4.68 Å². The Bertz CT molecular complexity index is 1120. The molecule has 0 radical (unpaired) electrons. The Morgan fingerprint density at radius 3 is 2.17 bits per heavy atom. The van der Waals surface area contributed by atoms with Crippen LogP contribution >= 0.6 is 0 Å². The number of aromatic hydroxyl groups is 2. The SMILES string of the molecule is Oc1ccc(Cc2cn(Cc3ccc(/C=C/c4ccccc4)cc3)nn2)cc1O. The zero-order valence-electron chi connectivity index (χ0n) is 15.8. The van der Waals surface area contributed by atoms with E-state index in [2.05, 4.69) is 58.9 Å². The van der Waals surface area contributed by atoms with Gasteiger partial charge < -0.3 is 10.2 Å². The van der Waals surface area contributed by atoms with Crippen molar-refractivity contribution in [3.63, 3.8) is 0 Å². The molecule has 0 spiro atoms. The molecular weight excluding hydrogens is 362 g/mol. The van der Waals surface area contributed by atoms with E-state index in [0.717, 1.165) is 22.4 Å². The average molecular weight is 383 g/mol. The third-order valence-corrected chi connectivity index (χ3v) is 4.60.